The monoisotopic (exact) mass is 369 g/mol. The lowest BCUT2D eigenvalue weighted by Crippen LogP contribution is -2.28. The number of benzene rings is 2. The smallest absolute Gasteiger partial charge is 0.164 e. The van der Waals surface area contributed by atoms with Crippen molar-refractivity contribution in [1.29, 1.82) is 0 Å². The molecule has 0 unspecified atom stereocenters. The van der Waals surface area contributed by atoms with Crippen LogP contribution in [0.5, 0.6) is 17.2 Å². The van der Waals surface area contributed by atoms with Gasteiger partial charge in [0.05, 0.1) is 21.3 Å². The molecule has 0 radical (unpaired) electrons. The summed E-state index contributed by atoms with van der Waals surface area (Å²) in [4.78, 5) is 2.59. The topological polar surface area (TPSA) is 30.9 Å². The van der Waals surface area contributed by atoms with E-state index in [4.69, 9.17) is 14.2 Å². The molecule has 0 N–H and O–H groups in total. The summed E-state index contributed by atoms with van der Waals surface area (Å²) in [5.74, 6) is 2.29. The molecule has 1 aliphatic heterocycles. The zero-order valence-corrected chi connectivity index (χ0v) is 17.0. The lowest BCUT2D eigenvalue weighted by atomic mass is 9.98. The maximum absolute atomic E-state index is 5.66. The Labute approximate surface area is 163 Å². The van der Waals surface area contributed by atoms with Gasteiger partial charge in [-0.3, -0.25) is 4.90 Å². The Morgan fingerprint density at radius 2 is 1.63 bits per heavy atom. The van der Waals surface area contributed by atoms with Crippen LogP contribution in [0.2, 0.25) is 0 Å². The molecule has 0 bridgehead atoms. The van der Waals surface area contributed by atoms with E-state index in [1.807, 2.05) is 6.07 Å². The van der Waals surface area contributed by atoms with E-state index in [0.29, 0.717) is 11.8 Å². The van der Waals surface area contributed by atoms with E-state index in [-0.39, 0.29) is 0 Å². The molecule has 1 heterocycles. The van der Waals surface area contributed by atoms with Gasteiger partial charge in [0.25, 0.3) is 0 Å². The minimum Gasteiger partial charge on any atom is -0.496 e. The van der Waals surface area contributed by atoms with Gasteiger partial charge in [-0.2, -0.15) is 0 Å². The van der Waals surface area contributed by atoms with Crippen LogP contribution >= 0.6 is 0 Å². The fourth-order valence-electron chi connectivity index (χ4n) is 4.05. The third-order valence-electron chi connectivity index (χ3n) is 5.45. The molecule has 0 aliphatic carbocycles. The normalized spacial score (nSPS) is 18.0. The van der Waals surface area contributed by atoms with Crippen LogP contribution in [0.3, 0.4) is 0 Å². The van der Waals surface area contributed by atoms with E-state index in [9.17, 15) is 0 Å². The van der Waals surface area contributed by atoms with Crippen molar-refractivity contribution in [3.8, 4) is 17.2 Å². The number of nitrogens with zero attached hydrogens (tertiary/aromatic N) is 1. The summed E-state index contributed by atoms with van der Waals surface area (Å²) in [7, 11) is 5.04. The first-order chi connectivity index (χ1) is 13.2. The summed E-state index contributed by atoms with van der Waals surface area (Å²) in [5.41, 5.74) is 3.87. The Kier molecular flexibility index (Phi) is 6.62. The quantitative estimate of drug-likeness (QED) is 0.706. The van der Waals surface area contributed by atoms with Crippen LogP contribution in [0.1, 0.15) is 48.4 Å². The van der Waals surface area contributed by atoms with Crippen LogP contribution in [-0.4, -0.2) is 32.8 Å². The number of rotatable bonds is 6. The molecule has 2 aromatic rings. The van der Waals surface area contributed by atoms with E-state index in [0.717, 1.165) is 30.2 Å². The zero-order valence-electron chi connectivity index (χ0n) is 17.0. The number of aryl methyl sites for hydroxylation is 1. The average molecular weight is 370 g/mol. The van der Waals surface area contributed by atoms with Gasteiger partial charge >= 0.3 is 0 Å². The molecule has 1 saturated heterocycles. The number of ether oxygens (including phenoxy) is 3. The van der Waals surface area contributed by atoms with Gasteiger partial charge in [-0.05, 0) is 37.9 Å². The molecule has 4 heteroatoms. The van der Waals surface area contributed by atoms with Crippen molar-refractivity contribution >= 4 is 0 Å². The second-order valence-corrected chi connectivity index (χ2v) is 7.27. The van der Waals surface area contributed by atoms with E-state index in [1.54, 1.807) is 21.3 Å². The molecule has 27 heavy (non-hydrogen) atoms. The summed E-state index contributed by atoms with van der Waals surface area (Å²) in [6.07, 6.45) is 5.00. The molecular weight excluding hydrogens is 338 g/mol. The molecule has 0 spiro atoms. The Hall–Kier alpha value is -2.20. The van der Waals surface area contributed by atoms with E-state index < -0.39 is 0 Å². The second-order valence-electron chi connectivity index (χ2n) is 7.27. The van der Waals surface area contributed by atoms with Crippen molar-refractivity contribution in [2.45, 2.75) is 45.2 Å². The molecular formula is C23H31NO3. The zero-order chi connectivity index (χ0) is 19.2. The second kappa shape index (κ2) is 9.14. The van der Waals surface area contributed by atoms with Crippen LogP contribution in [0.4, 0.5) is 0 Å². The van der Waals surface area contributed by atoms with Crippen molar-refractivity contribution in [3.63, 3.8) is 0 Å². The molecule has 0 saturated carbocycles. The molecule has 2 aromatic carbocycles. The number of hydrogen-bond acceptors (Lipinski definition) is 4. The fourth-order valence-corrected chi connectivity index (χ4v) is 4.05. The first-order valence-electron chi connectivity index (χ1n) is 9.75. The number of likely N-dealkylation sites (tertiary alicyclic amines) is 1. The van der Waals surface area contributed by atoms with Crippen molar-refractivity contribution in [1.82, 2.24) is 4.90 Å². The Bertz CT molecular complexity index is 759. The van der Waals surface area contributed by atoms with Gasteiger partial charge in [0, 0.05) is 24.2 Å². The lowest BCUT2D eigenvalue weighted by Gasteiger charge is -2.31. The lowest BCUT2D eigenvalue weighted by molar-refractivity contribution is 0.189. The van der Waals surface area contributed by atoms with Gasteiger partial charge in [0.1, 0.15) is 5.75 Å². The van der Waals surface area contributed by atoms with Crippen molar-refractivity contribution < 1.29 is 14.2 Å². The van der Waals surface area contributed by atoms with E-state index in [1.165, 1.54) is 36.8 Å². The standard InChI is InChI=1S/C23H31NO3/c1-17-9-8-10-18(13-17)20-11-6-5-7-12-24(20)16-19-14-22(26-3)23(27-4)15-21(19)25-2/h8-10,13-15,20H,5-7,11-12,16H2,1-4H3/t20-/m0/s1. The maximum atomic E-state index is 5.66. The van der Waals surface area contributed by atoms with Gasteiger partial charge < -0.3 is 14.2 Å². The van der Waals surface area contributed by atoms with Crippen molar-refractivity contribution in [2.75, 3.05) is 27.9 Å². The van der Waals surface area contributed by atoms with Gasteiger partial charge in [-0.15, -0.1) is 0 Å². The van der Waals surface area contributed by atoms with Crippen LogP contribution in [0, 0.1) is 6.92 Å². The van der Waals surface area contributed by atoms with E-state index >= 15 is 0 Å². The predicted molar refractivity (Wildman–Crippen MR) is 109 cm³/mol. The first kappa shape index (κ1) is 19.6. The molecule has 146 valence electrons. The predicted octanol–water partition coefficient (Wildman–Crippen LogP) is 5.14. The summed E-state index contributed by atoms with van der Waals surface area (Å²) in [6, 6.07) is 13.3. The number of methoxy groups -OCH3 is 3. The van der Waals surface area contributed by atoms with Crippen LogP contribution in [0.25, 0.3) is 0 Å². The van der Waals surface area contributed by atoms with Gasteiger partial charge in [0.2, 0.25) is 0 Å². The molecule has 1 atom stereocenters. The van der Waals surface area contributed by atoms with Crippen molar-refractivity contribution in [2.24, 2.45) is 0 Å². The third kappa shape index (κ3) is 4.56. The Morgan fingerprint density at radius 3 is 2.33 bits per heavy atom. The van der Waals surface area contributed by atoms with Gasteiger partial charge in [-0.1, -0.05) is 42.7 Å². The van der Waals surface area contributed by atoms with Gasteiger partial charge in [0.15, 0.2) is 11.5 Å². The van der Waals surface area contributed by atoms with Gasteiger partial charge in [-0.25, -0.2) is 0 Å². The summed E-state index contributed by atoms with van der Waals surface area (Å²) in [6.45, 7) is 4.10. The highest BCUT2D eigenvalue weighted by Gasteiger charge is 2.24. The van der Waals surface area contributed by atoms with Crippen LogP contribution in [-0.2, 0) is 6.54 Å². The summed E-state index contributed by atoms with van der Waals surface area (Å²) in [5, 5.41) is 0. The minimum atomic E-state index is 0.435. The SMILES string of the molecule is COc1cc(OC)c(OC)cc1CN1CCCCC[C@H]1c1cccc(C)c1. The average Bonchev–Trinajstić information content (AvgIpc) is 2.93. The Morgan fingerprint density at radius 1 is 0.889 bits per heavy atom. The highest BCUT2D eigenvalue weighted by Crippen LogP contribution is 2.38. The Balaban J connectivity index is 1.93. The highest BCUT2D eigenvalue weighted by molar-refractivity contribution is 5.50. The third-order valence-corrected chi connectivity index (χ3v) is 5.45. The minimum absolute atomic E-state index is 0.435. The summed E-state index contributed by atoms with van der Waals surface area (Å²) < 4.78 is 16.6. The summed E-state index contributed by atoms with van der Waals surface area (Å²) >= 11 is 0. The first-order valence-corrected chi connectivity index (χ1v) is 9.75. The number of hydrogen-bond donors (Lipinski definition) is 0. The van der Waals surface area contributed by atoms with Crippen molar-refractivity contribution in [3.05, 3.63) is 53.1 Å². The fraction of sp³-hybridized carbons (Fsp3) is 0.478. The molecule has 0 amide bonds. The molecule has 3 rings (SSSR count). The highest BCUT2D eigenvalue weighted by atomic mass is 16.5. The molecule has 1 fully saturated rings. The molecule has 0 aromatic heterocycles. The molecule has 1 aliphatic rings. The van der Waals surface area contributed by atoms with Crippen LogP contribution < -0.4 is 14.2 Å². The maximum Gasteiger partial charge on any atom is 0.164 e. The molecule has 4 nitrogen and oxygen atoms in total. The van der Waals surface area contributed by atoms with E-state index in [2.05, 4.69) is 42.2 Å². The largest absolute Gasteiger partial charge is 0.496 e. The van der Waals surface area contributed by atoms with Crippen LogP contribution in [0.15, 0.2) is 36.4 Å².